The average Bonchev–Trinajstić information content (AvgIpc) is 2.67. The Balaban J connectivity index is 2.20. The molecule has 6 nitrogen and oxygen atoms in total. The third-order valence-electron chi connectivity index (χ3n) is 2.70. The summed E-state index contributed by atoms with van der Waals surface area (Å²) >= 11 is 0. The Bertz CT molecular complexity index is 620. The van der Waals surface area contributed by atoms with Gasteiger partial charge in [0, 0.05) is 18.8 Å². The highest BCUT2D eigenvalue weighted by Gasteiger charge is 2.12. The number of carbonyl (C=O) groups excluding carboxylic acids is 1. The fourth-order valence-electron chi connectivity index (χ4n) is 1.75. The second kappa shape index (κ2) is 5.01. The molecule has 0 atom stereocenters. The summed E-state index contributed by atoms with van der Waals surface area (Å²) in [5, 5.41) is 16.5. The highest BCUT2D eigenvalue weighted by Crippen LogP contribution is 2.26. The van der Waals surface area contributed by atoms with Gasteiger partial charge in [-0.15, -0.1) is 0 Å². The SMILES string of the molecule is COc1ccc(C(=O)Nc2cn(C)nc2C)cc1O. The lowest BCUT2D eigenvalue weighted by Crippen LogP contribution is -2.12. The molecule has 2 rings (SSSR count). The zero-order chi connectivity index (χ0) is 14.0. The van der Waals surface area contributed by atoms with E-state index in [0.29, 0.717) is 17.0 Å². The lowest BCUT2D eigenvalue weighted by molar-refractivity contribution is 0.102. The van der Waals surface area contributed by atoms with Crippen molar-refractivity contribution in [2.45, 2.75) is 6.92 Å². The molecule has 1 amide bonds. The van der Waals surface area contributed by atoms with E-state index in [0.717, 1.165) is 5.69 Å². The quantitative estimate of drug-likeness (QED) is 0.881. The van der Waals surface area contributed by atoms with Gasteiger partial charge < -0.3 is 15.2 Å². The number of aromatic nitrogens is 2. The zero-order valence-corrected chi connectivity index (χ0v) is 11.0. The van der Waals surface area contributed by atoms with Crippen molar-refractivity contribution >= 4 is 11.6 Å². The fourth-order valence-corrected chi connectivity index (χ4v) is 1.75. The van der Waals surface area contributed by atoms with Crippen LogP contribution in [0, 0.1) is 6.92 Å². The number of aryl methyl sites for hydroxylation is 2. The Morgan fingerprint density at radius 1 is 1.47 bits per heavy atom. The summed E-state index contributed by atoms with van der Waals surface area (Å²) in [6, 6.07) is 4.49. The third-order valence-corrected chi connectivity index (χ3v) is 2.70. The number of methoxy groups -OCH3 is 1. The van der Waals surface area contributed by atoms with Crippen LogP contribution in [-0.4, -0.2) is 27.9 Å². The van der Waals surface area contributed by atoms with Gasteiger partial charge in [-0.1, -0.05) is 0 Å². The number of ether oxygens (including phenoxy) is 1. The molecule has 0 spiro atoms. The lowest BCUT2D eigenvalue weighted by Gasteiger charge is -2.06. The molecule has 2 N–H and O–H groups in total. The van der Waals surface area contributed by atoms with Crippen molar-refractivity contribution < 1.29 is 14.6 Å². The summed E-state index contributed by atoms with van der Waals surface area (Å²) in [5.74, 6) is -0.0544. The van der Waals surface area contributed by atoms with Crippen LogP contribution < -0.4 is 10.1 Å². The topological polar surface area (TPSA) is 76.4 Å². The molecule has 0 saturated heterocycles. The molecule has 6 heteroatoms. The molecule has 0 bridgehead atoms. The molecule has 1 heterocycles. The number of anilines is 1. The zero-order valence-electron chi connectivity index (χ0n) is 11.0. The third kappa shape index (κ3) is 2.67. The number of benzene rings is 1. The van der Waals surface area contributed by atoms with E-state index in [9.17, 15) is 9.90 Å². The first-order valence-electron chi connectivity index (χ1n) is 5.70. The monoisotopic (exact) mass is 261 g/mol. The van der Waals surface area contributed by atoms with E-state index >= 15 is 0 Å². The molecule has 0 saturated carbocycles. The summed E-state index contributed by atoms with van der Waals surface area (Å²) in [4.78, 5) is 12.0. The van der Waals surface area contributed by atoms with E-state index in [2.05, 4.69) is 10.4 Å². The lowest BCUT2D eigenvalue weighted by atomic mass is 10.2. The number of hydrogen-bond acceptors (Lipinski definition) is 4. The number of rotatable bonds is 3. The summed E-state index contributed by atoms with van der Waals surface area (Å²) in [6.07, 6.45) is 1.72. The molecule has 1 aromatic heterocycles. The molecule has 19 heavy (non-hydrogen) atoms. The number of hydrogen-bond donors (Lipinski definition) is 2. The Hall–Kier alpha value is -2.50. The van der Waals surface area contributed by atoms with Gasteiger partial charge >= 0.3 is 0 Å². The largest absolute Gasteiger partial charge is 0.504 e. The van der Waals surface area contributed by atoms with Crippen molar-refractivity contribution in [1.82, 2.24) is 9.78 Å². The maximum absolute atomic E-state index is 12.0. The summed E-state index contributed by atoms with van der Waals surface area (Å²) in [7, 11) is 3.23. The molecule has 0 aliphatic rings. The molecule has 0 fully saturated rings. The van der Waals surface area contributed by atoms with Crippen LogP contribution in [-0.2, 0) is 7.05 Å². The van der Waals surface area contributed by atoms with Crippen molar-refractivity contribution in [2.75, 3.05) is 12.4 Å². The Morgan fingerprint density at radius 3 is 2.74 bits per heavy atom. The molecular formula is C13H15N3O3. The van der Waals surface area contributed by atoms with Crippen LogP contribution in [0.3, 0.4) is 0 Å². The van der Waals surface area contributed by atoms with Crippen molar-refractivity contribution in [1.29, 1.82) is 0 Å². The molecule has 2 aromatic rings. The predicted octanol–water partition coefficient (Wildman–Crippen LogP) is 1.70. The molecule has 100 valence electrons. The summed E-state index contributed by atoms with van der Waals surface area (Å²) < 4.78 is 6.55. The first-order chi connectivity index (χ1) is 9.01. The molecule has 0 unspecified atom stereocenters. The van der Waals surface area contributed by atoms with Crippen LogP contribution in [0.15, 0.2) is 24.4 Å². The predicted molar refractivity (Wildman–Crippen MR) is 70.6 cm³/mol. The van der Waals surface area contributed by atoms with Crippen LogP contribution in [0.4, 0.5) is 5.69 Å². The van der Waals surface area contributed by atoms with E-state index in [1.807, 2.05) is 0 Å². The standard InChI is InChI=1S/C13H15N3O3/c1-8-10(7-16(2)15-8)14-13(18)9-4-5-12(19-3)11(17)6-9/h4-7,17H,1-3H3,(H,14,18). The second-order valence-corrected chi connectivity index (χ2v) is 4.14. The van der Waals surface area contributed by atoms with Gasteiger partial charge in [0.1, 0.15) is 0 Å². The number of nitrogens with one attached hydrogen (secondary N) is 1. The minimum absolute atomic E-state index is 0.0712. The first-order valence-corrected chi connectivity index (χ1v) is 5.70. The van der Waals surface area contributed by atoms with E-state index in [1.165, 1.54) is 13.2 Å². The van der Waals surface area contributed by atoms with Gasteiger partial charge in [-0.3, -0.25) is 9.48 Å². The van der Waals surface area contributed by atoms with E-state index < -0.39 is 0 Å². The number of phenolic OH excluding ortho intramolecular Hbond substituents is 1. The normalized spacial score (nSPS) is 10.3. The van der Waals surface area contributed by atoms with Crippen molar-refractivity contribution in [2.24, 2.45) is 7.05 Å². The Kier molecular flexibility index (Phi) is 3.41. The molecular weight excluding hydrogens is 246 g/mol. The van der Waals surface area contributed by atoms with Crippen LogP contribution in [0.2, 0.25) is 0 Å². The van der Waals surface area contributed by atoms with Gasteiger partial charge in [-0.05, 0) is 25.1 Å². The molecule has 0 aliphatic heterocycles. The Labute approximate surface area is 110 Å². The average molecular weight is 261 g/mol. The number of nitrogens with zero attached hydrogens (tertiary/aromatic N) is 2. The van der Waals surface area contributed by atoms with Crippen LogP contribution in [0.5, 0.6) is 11.5 Å². The number of aromatic hydroxyl groups is 1. The smallest absolute Gasteiger partial charge is 0.255 e. The number of phenols is 1. The molecule has 0 radical (unpaired) electrons. The maximum Gasteiger partial charge on any atom is 0.255 e. The van der Waals surface area contributed by atoms with Gasteiger partial charge in [-0.25, -0.2) is 0 Å². The Morgan fingerprint density at radius 2 is 2.21 bits per heavy atom. The van der Waals surface area contributed by atoms with Crippen molar-refractivity contribution in [3.63, 3.8) is 0 Å². The van der Waals surface area contributed by atoms with Gasteiger partial charge in [0.05, 0.1) is 18.5 Å². The van der Waals surface area contributed by atoms with Gasteiger partial charge in [0.15, 0.2) is 11.5 Å². The van der Waals surface area contributed by atoms with Crippen molar-refractivity contribution in [3.05, 3.63) is 35.7 Å². The number of amides is 1. The highest BCUT2D eigenvalue weighted by molar-refractivity contribution is 6.04. The maximum atomic E-state index is 12.0. The first kappa shape index (κ1) is 12.9. The second-order valence-electron chi connectivity index (χ2n) is 4.14. The summed E-state index contributed by atoms with van der Waals surface area (Å²) in [6.45, 7) is 1.81. The molecule has 1 aromatic carbocycles. The van der Waals surface area contributed by atoms with E-state index in [-0.39, 0.29) is 11.7 Å². The highest BCUT2D eigenvalue weighted by atomic mass is 16.5. The van der Waals surface area contributed by atoms with E-state index in [4.69, 9.17) is 4.74 Å². The van der Waals surface area contributed by atoms with Crippen LogP contribution in [0.1, 0.15) is 16.1 Å². The van der Waals surface area contributed by atoms with Gasteiger partial charge in [0.25, 0.3) is 5.91 Å². The van der Waals surface area contributed by atoms with Crippen LogP contribution >= 0.6 is 0 Å². The van der Waals surface area contributed by atoms with Gasteiger partial charge in [0.2, 0.25) is 0 Å². The molecule has 0 aliphatic carbocycles. The minimum Gasteiger partial charge on any atom is -0.504 e. The van der Waals surface area contributed by atoms with Gasteiger partial charge in [-0.2, -0.15) is 5.10 Å². The van der Waals surface area contributed by atoms with Crippen molar-refractivity contribution in [3.8, 4) is 11.5 Å². The number of carbonyl (C=O) groups is 1. The van der Waals surface area contributed by atoms with Crippen LogP contribution in [0.25, 0.3) is 0 Å². The summed E-state index contributed by atoms with van der Waals surface area (Å²) in [5.41, 5.74) is 1.72. The van der Waals surface area contributed by atoms with E-state index in [1.54, 1.807) is 37.0 Å². The minimum atomic E-state index is -0.311. The fraction of sp³-hybridized carbons (Fsp3) is 0.231.